The summed E-state index contributed by atoms with van der Waals surface area (Å²) in [7, 11) is 0. The zero-order chi connectivity index (χ0) is 20.4. The maximum atomic E-state index is 12.9. The number of nitrogens with one attached hydrogen (secondary N) is 1. The average molecular weight is 432 g/mol. The maximum absolute atomic E-state index is 12.9. The van der Waals surface area contributed by atoms with Gasteiger partial charge in [-0.05, 0) is 48.7 Å². The van der Waals surface area contributed by atoms with Crippen LogP contribution in [-0.4, -0.2) is 42.9 Å². The fourth-order valence-electron chi connectivity index (χ4n) is 3.95. The predicted molar refractivity (Wildman–Crippen MR) is 116 cm³/mol. The van der Waals surface area contributed by atoms with Crippen molar-refractivity contribution < 1.29 is 9.59 Å². The Kier molecular flexibility index (Phi) is 5.97. The van der Waals surface area contributed by atoms with E-state index in [0.29, 0.717) is 35.1 Å². The van der Waals surface area contributed by atoms with Crippen LogP contribution >= 0.6 is 23.2 Å². The molecule has 0 aliphatic carbocycles. The lowest BCUT2D eigenvalue weighted by Gasteiger charge is -2.36. The second kappa shape index (κ2) is 8.64. The topological polar surface area (TPSA) is 52.7 Å². The minimum atomic E-state index is 0.0398. The van der Waals surface area contributed by atoms with Crippen molar-refractivity contribution in [2.75, 3.05) is 31.1 Å². The molecule has 2 saturated heterocycles. The third-order valence-corrected chi connectivity index (χ3v) is 6.37. The van der Waals surface area contributed by atoms with Crippen molar-refractivity contribution in [3.63, 3.8) is 0 Å². The van der Waals surface area contributed by atoms with Gasteiger partial charge in [0, 0.05) is 43.9 Å². The van der Waals surface area contributed by atoms with Crippen LogP contribution in [0.3, 0.4) is 0 Å². The molecule has 7 heteroatoms. The fraction of sp³-hybridized carbons (Fsp3) is 0.364. The van der Waals surface area contributed by atoms with Crippen LogP contribution in [0.4, 0.5) is 5.69 Å². The summed E-state index contributed by atoms with van der Waals surface area (Å²) in [6, 6.07) is 13.3. The van der Waals surface area contributed by atoms with Gasteiger partial charge in [-0.3, -0.25) is 9.59 Å². The van der Waals surface area contributed by atoms with Gasteiger partial charge < -0.3 is 15.1 Å². The summed E-state index contributed by atoms with van der Waals surface area (Å²) in [4.78, 5) is 28.6. The number of benzene rings is 2. The number of rotatable bonds is 3. The van der Waals surface area contributed by atoms with E-state index in [1.54, 1.807) is 6.07 Å². The highest BCUT2D eigenvalue weighted by Crippen LogP contribution is 2.28. The molecule has 2 aromatic rings. The Morgan fingerprint density at radius 1 is 0.966 bits per heavy atom. The Hall–Kier alpha value is -2.24. The van der Waals surface area contributed by atoms with E-state index in [4.69, 9.17) is 23.2 Å². The highest BCUT2D eigenvalue weighted by atomic mass is 35.5. The number of hydrogen-bond donors (Lipinski definition) is 1. The van der Waals surface area contributed by atoms with Crippen LogP contribution in [0.25, 0.3) is 0 Å². The zero-order valence-electron chi connectivity index (χ0n) is 16.0. The summed E-state index contributed by atoms with van der Waals surface area (Å²) >= 11 is 12.1. The van der Waals surface area contributed by atoms with Crippen molar-refractivity contribution in [2.24, 2.45) is 0 Å². The molecular formula is C22H23Cl2N3O2. The second-order valence-electron chi connectivity index (χ2n) is 7.51. The number of anilines is 1. The van der Waals surface area contributed by atoms with Gasteiger partial charge in [0.15, 0.2) is 0 Å². The lowest BCUT2D eigenvalue weighted by Crippen LogP contribution is -2.48. The quantitative estimate of drug-likeness (QED) is 0.787. The van der Waals surface area contributed by atoms with Gasteiger partial charge >= 0.3 is 0 Å². The molecule has 0 aromatic heterocycles. The van der Waals surface area contributed by atoms with Gasteiger partial charge in [-0.25, -0.2) is 0 Å². The van der Waals surface area contributed by atoms with Crippen LogP contribution < -0.4 is 10.2 Å². The van der Waals surface area contributed by atoms with E-state index in [1.807, 2.05) is 41.3 Å². The second-order valence-corrected chi connectivity index (χ2v) is 8.33. The van der Waals surface area contributed by atoms with Gasteiger partial charge in [-0.2, -0.15) is 0 Å². The molecule has 2 heterocycles. The molecule has 0 bridgehead atoms. The molecule has 0 saturated carbocycles. The molecule has 2 aliphatic rings. The van der Waals surface area contributed by atoms with Crippen molar-refractivity contribution in [3.8, 4) is 0 Å². The fourth-order valence-corrected chi connectivity index (χ4v) is 4.24. The molecule has 2 fully saturated rings. The predicted octanol–water partition coefficient (Wildman–Crippen LogP) is 4.30. The van der Waals surface area contributed by atoms with E-state index in [9.17, 15) is 9.59 Å². The smallest absolute Gasteiger partial charge is 0.253 e. The normalized spacial score (nSPS) is 19.8. The Morgan fingerprint density at radius 3 is 2.34 bits per heavy atom. The maximum Gasteiger partial charge on any atom is 0.253 e. The van der Waals surface area contributed by atoms with E-state index in [2.05, 4.69) is 10.2 Å². The molecule has 2 amide bonds. The summed E-state index contributed by atoms with van der Waals surface area (Å²) in [5, 5.41) is 4.10. The van der Waals surface area contributed by atoms with Crippen LogP contribution in [0.5, 0.6) is 0 Å². The standard InChI is InChI=1S/C22H23Cl2N3O2/c23-18-9-8-17(14-19(18)24)26-10-12-27(13-11-26)22(29)16-6-4-15(5-7-16)20-2-1-3-21(28)25-20/h4-9,14,20H,1-3,10-13H2,(H,25,28). The Morgan fingerprint density at radius 2 is 1.69 bits per heavy atom. The summed E-state index contributed by atoms with van der Waals surface area (Å²) in [5.41, 5.74) is 2.75. The minimum absolute atomic E-state index is 0.0398. The highest BCUT2D eigenvalue weighted by Gasteiger charge is 2.24. The van der Waals surface area contributed by atoms with Crippen LogP contribution in [0, 0.1) is 0 Å². The Bertz CT molecular complexity index is 909. The zero-order valence-corrected chi connectivity index (χ0v) is 17.5. The van der Waals surface area contributed by atoms with Crippen molar-refractivity contribution in [1.29, 1.82) is 0 Å². The molecule has 5 nitrogen and oxygen atoms in total. The van der Waals surface area contributed by atoms with E-state index in [-0.39, 0.29) is 17.9 Å². The molecule has 0 spiro atoms. The molecule has 1 unspecified atom stereocenters. The molecule has 0 radical (unpaired) electrons. The first-order chi connectivity index (χ1) is 14.0. The first-order valence-electron chi connectivity index (χ1n) is 9.90. The van der Waals surface area contributed by atoms with Gasteiger partial charge in [0.25, 0.3) is 5.91 Å². The van der Waals surface area contributed by atoms with Crippen LogP contribution in [0.15, 0.2) is 42.5 Å². The number of carbonyl (C=O) groups excluding carboxylic acids is 2. The van der Waals surface area contributed by atoms with Gasteiger partial charge in [0.05, 0.1) is 16.1 Å². The van der Waals surface area contributed by atoms with Crippen molar-refractivity contribution in [1.82, 2.24) is 10.2 Å². The summed E-state index contributed by atoms with van der Waals surface area (Å²) in [6.07, 6.45) is 2.44. The third kappa shape index (κ3) is 4.51. The van der Waals surface area contributed by atoms with Gasteiger partial charge in [0.1, 0.15) is 0 Å². The average Bonchev–Trinajstić information content (AvgIpc) is 2.75. The first kappa shape index (κ1) is 20.0. The molecule has 2 aliphatic heterocycles. The largest absolute Gasteiger partial charge is 0.368 e. The Labute approximate surface area is 180 Å². The van der Waals surface area contributed by atoms with Crippen molar-refractivity contribution in [2.45, 2.75) is 25.3 Å². The molecule has 152 valence electrons. The van der Waals surface area contributed by atoms with Gasteiger partial charge in [-0.1, -0.05) is 35.3 Å². The number of hydrogen-bond acceptors (Lipinski definition) is 3. The number of piperidine rings is 1. The van der Waals surface area contributed by atoms with Gasteiger partial charge in [-0.15, -0.1) is 0 Å². The SMILES string of the molecule is O=C1CCCC(c2ccc(C(=O)N3CCN(c4ccc(Cl)c(Cl)c4)CC3)cc2)N1. The molecule has 29 heavy (non-hydrogen) atoms. The molecule has 4 rings (SSSR count). The van der Waals surface area contributed by atoms with Crippen LogP contribution in [0.2, 0.25) is 10.0 Å². The number of amides is 2. The van der Waals surface area contributed by atoms with Gasteiger partial charge in [0.2, 0.25) is 5.91 Å². The van der Waals surface area contributed by atoms with E-state index < -0.39 is 0 Å². The summed E-state index contributed by atoms with van der Waals surface area (Å²) < 4.78 is 0. The van der Waals surface area contributed by atoms with Crippen LogP contribution in [-0.2, 0) is 4.79 Å². The minimum Gasteiger partial charge on any atom is -0.368 e. The number of carbonyl (C=O) groups is 2. The molecule has 2 aromatic carbocycles. The van der Waals surface area contributed by atoms with Crippen molar-refractivity contribution >= 4 is 40.7 Å². The molecular weight excluding hydrogens is 409 g/mol. The van der Waals surface area contributed by atoms with E-state index >= 15 is 0 Å². The molecule has 1 atom stereocenters. The summed E-state index contributed by atoms with van der Waals surface area (Å²) in [6.45, 7) is 2.80. The molecule has 1 N–H and O–H groups in total. The highest BCUT2D eigenvalue weighted by molar-refractivity contribution is 6.42. The van der Waals surface area contributed by atoms with E-state index in [1.165, 1.54) is 0 Å². The van der Waals surface area contributed by atoms with Crippen LogP contribution in [0.1, 0.15) is 41.2 Å². The van der Waals surface area contributed by atoms with Crippen molar-refractivity contribution in [3.05, 3.63) is 63.6 Å². The number of piperazine rings is 1. The summed E-state index contributed by atoms with van der Waals surface area (Å²) in [5.74, 6) is 0.138. The third-order valence-electron chi connectivity index (χ3n) is 5.63. The van der Waals surface area contributed by atoms with E-state index in [0.717, 1.165) is 37.2 Å². The monoisotopic (exact) mass is 431 g/mol. The lowest BCUT2D eigenvalue weighted by atomic mass is 9.96. The Balaban J connectivity index is 1.36. The number of halogens is 2. The lowest BCUT2D eigenvalue weighted by molar-refractivity contribution is -0.123. The first-order valence-corrected chi connectivity index (χ1v) is 10.7. The number of nitrogens with zero attached hydrogens (tertiary/aromatic N) is 2.